The zero-order valence-corrected chi connectivity index (χ0v) is 25.0. The SMILES string of the molecule is O=C(O)CCCN1C(=O)[C@H]2[C@H](CC=C3[C@H]2C[C@H]2C(=O)C(c4ccccc4)=CC(=O)[C@@]2(c2ccccc2)[C@H]3c2ccc(CO)o2)C1=O. The monoisotopic (exact) mass is 619 g/mol. The minimum Gasteiger partial charge on any atom is -0.481 e. The van der Waals surface area contributed by atoms with Crippen LogP contribution < -0.4 is 0 Å². The van der Waals surface area contributed by atoms with E-state index in [9.17, 15) is 29.1 Å². The number of carbonyl (C=O) groups is 5. The van der Waals surface area contributed by atoms with Gasteiger partial charge in [-0.15, -0.1) is 0 Å². The van der Waals surface area contributed by atoms with Gasteiger partial charge in [0, 0.05) is 24.5 Å². The second kappa shape index (κ2) is 11.5. The number of rotatable bonds is 8. The average Bonchev–Trinajstić information content (AvgIpc) is 3.64. The summed E-state index contributed by atoms with van der Waals surface area (Å²) in [5.41, 5.74) is 0.952. The van der Waals surface area contributed by atoms with Crippen molar-refractivity contribution in [2.24, 2.45) is 23.7 Å². The lowest BCUT2D eigenvalue weighted by Crippen LogP contribution is -2.58. The number of Topliss-reactive ketones (excluding diaryl/α,β-unsaturated/α-hetero) is 1. The molecule has 1 aromatic heterocycles. The maximum atomic E-state index is 14.9. The number of carboxylic acids is 1. The lowest BCUT2D eigenvalue weighted by Gasteiger charge is -2.54. The molecule has 1 saturated carbocycles. The number of carboxylic acid groups (broad SMARTS) is 1. The molecule has 2 N–H and O–H groups in total. The van der Waals surface area contributed by atoms with Crippen molar-refractivity contribution in [2.45, 2.75) is 43.6 Å². The van der Waals surface area contributed by atoms with Gasteiger partial charge in [-0.2, -0.15) is 0 Å². The summed E-state index contributed by atoms with van der Waals surface area (Å²) in [7, 11) is 0. The third kappa shape index (κ3) is 4.44. The fraction of sp³-hybridized carbons (Fsp3) is 0.324. The van der Waals surface area contributed by atoms with Crippen LogP contribution in [-0.2, 0) is 36.0 Å². The van der Waals surface area contributed by atoms with Crippen molar-refractivity contribution >= 4 is 34.9 Å². The van der Waals surface area contributed by atoms with Crippen LogP contribution in [0, 0.1) is 23.7 Å². The Hall–Kier alpha value is -4.89. The molecule has 1 saturated heterocycles. The Labute approximate surface area is 265 Å². The molecule has 3 aromatic rings. The molecular formula is C37H33NO8. The van der Waals surface area contributed by atoms with E-state index in [0.717, 1.165) is 5.57 Å². The van der Waals surface area contributed by atoms with E-state index in [0.29, 0.717) is 28.2 Å². The zero-order valence-electron chi connectivity index (χ0n) is 25.0. The first-order valence-corrected chi connectivity index (χ1v) is 15.6. The first kappa shape index (κ1) is 29.8. The number of hydrogen-bond donors (Lipinski definition) is 2. The molecule has 4 aliphatic rings. The summed E-state index contributed by atoms with van der Waals surface area (Å²) < 4.78 is 6.17. The van der Waals surface area contributed by atoms with E-state index in [1.54, 1.807) is 24.3 Å². The number of aliphatic hydroxyl groups excluding tert-OH is 1. The van der Waals surface area contributed by atoms with Crippen LogP contribution in [0.15, 0.2) is 94.9 Å². The number of nitrogens with zero attached hydrogens (tertiary/aromatic N) is 1. The third-order valence-corrected chi connectivity index (χ3v) is 10.4. The number of ketones is 2. The molecule has 9 nitrogen and oxygen atoms in total. The molecule has 2 aromatic carbocycles. The van der Waals surface area contributed by atoms with E-state index in [2.05, 4.69) is 0 Å². The van der Waals surface area contributed by atoms with Crippen molar-refractivity contribution in [3.63, 3.8) is 0 Å². The van der Waals surface area contributed by atoms with Crippen LogP contribution in [0.4, 0.5) is 0 Å². The minimum atomic E-state index is -1.40. The molecule has 7 rings (SSSR count). The molecular weight excluding hydrogens is 586 g/mol. The number of amides is 2. The maximum absolute atomic E-state index is 14.9. The number of aliphatic carboxylic acids is 1. The van der Waals surface area contributed by atoms with Crippen LogP contribution in [0.2, 0.25) is 0 Å². The Morgan fingerprint density at radius 3 is 2.30 bits per heavy atom. The molecule has 0 spiro atoms. The van der Waals surface area contributed by atoms with E-state index in [1.807, 2.05) is 54.6 Å². The summed E-state index contributed by atoms with van der Waals surface area (Å²) in [6.07, 6.45) is 3.81. The van der Waals surface area contributed by atoms with E-state index in [-0.39, 0.29) is 62.2 Å². The normalized spacial score (nSPS) is 28.7. The number of fused-ring (bicyclic) bond motifs is 4. The number of aliphatic hydroxyl groups is 1. The van der Waals surface area contributed by atoms with E-state index in [1.165, 1.54) is 11.0 Å². The smallest absolute Gasteiger partial charge is 0.303 e. The molecule has 0 bridgehead atoms. The minimum absolute atomic E-state index is 0.0101. The van der Waals surface area contributed by atoms with Crippen LogP contribution in [0.1, 0.15) is 54.2 Å². The molecule has 6 atom stereocenters. The van der Waals surface area contributed by atoms with Crippen molar-refractivity contribution in [1.29, 1.82) is 0 Å². The summed E-state index contributed by atoms with van der Waals surface area (Å²) >= 11 is 0. The second-order valence-electron chi connectivity index (χ2n) is 12.6. The summed E-state index contributed by atoms with van der Waals surface area (Å²) in [6, 6.07) is 21.6. The lowest BCUT2D eigenvalue weighted by molar-refractivity contribution is -0.142. The Bertz CT molecular complexity index is 1800. The Balaban J connectivity index is 1.42. The largest absolute Gasteiger partial charge is 0.481 e. The van der Waals surface area contributed by atoms with Crippen LogP contribution >= 0.6 is 0 Å². The second-order valence-corrected chi connectivity index (χ2v) is 12.6. The van der Waals surface area contributed by atoms with Crippen molar-refractivity contribution in [2.75, 3.05) is 6.54 Å². The van der Waals surface area contributed by atoms with Gasteiger partial charge in [0.25, 0.3) is 0 Å². The molecule has 3 aliphatic carbocycles. The Morgan fingerprint density at radius 2 is 1.63 bits per heavy atom. The van der Waals surface area contributed by atoms with Gasteiger partial charge >= 0.3 is 5.97 Å². The van der Waals surface area contributed by atoms with Crippen LogP contribution in [0.3, 0.4) is 0 Å². The van der Waals surface area contributed by atoms with E-state index in [4.69, 9.17) is 9.52 Å². The standard InChI is InChI=1S/C37H33NO8/c39-20-23-13-16-29(46-23)33-24-14-15-25-32(36(45)38(35(25)44)17-7-12-31(41)42)27(24)18-28-34(43)26(21-8-3-1-4-9-21)19-30(40)37(28,33)22-10-5-2-6-11-22/h1-6,8-11,13-14,16,19,25,27-28,32-33,39H,7,12,15,17-18,20H2,(H,41,42)/t25-,27+,28-,32-,33+,37-/m0/s1. The van der Waals surface area contributed by atoms with Crippen molar-refractivity contribution in [3.8, 4) is 0 Å². The molecule has 0 unspecified atom stereocenters. The number of furan rings is 1. The van der Waals surface area contributed by atoms with Crippen LogP contribution in [0.25, 0.3) is 5.57 Å². The summed E-state index contributed by atoms with van der Waals surface area (Å²) in [5, 5.41) is 19.0. The zero-order chi connectivity index (χ0) is 32.2. The molecule has 234 valence electrons. The fourth-order valence-corrected chi connectivity index (χ4v) is 8.49. The number of likely N-dealkylation sites (tertiary alicyclic amines) is 1. The van der Waals surface area contributed by atoms with Crippen molar-refractivity contribution in [3.05, 3.63) is 113 Å². The Kier molecular flexibility index (Phi) is 7.44. The van der Waals surface area contributed by atoms with Gasteiger partial charge in [0.05, 0.1) is 23.2 Å². The Morgan fingerprint density at radius 1 is 0.913 bits per heavy atom. The highest BCUT2D eigenvalue weighted by Gasteiger charge is 2.66. The highest BCUT2D eigenvalue weighted by molar-refractivity contribution is 6.31. The topological polar surface area (TPSA) is 142 Å². The van der Waals surface area contributed by atoms with E-state index >= 15 is 0 Å². The fourth-order valence-electron chi connectivity index (χ4n) is 8.49. The molecule has 9 heteroatoms. The van der Waals surface area contributed by atoms with Crippen LogP contribution in [-0.4, -0.2) is 51.0 Å². The lowest BCUT2D eigenvalue weighted by atomic mass is 9.45. The predicted molar refractivity (Wildman–Crippen MR) is 165 cm³/mol. The summed E-state index contributed by atoms with van der Waals surface area (Å²) in [5.74, 6) is -5.07. The number of hydrogen-bond acceptors (Lipinski definition) is 7. The summed E-state index contributed by atoms with van der Waals surface area (Å²) in [4.78, 5) is 69.6. The number of imide groups is 1. The van der Waals surface area contributed by atoms with Gasteiger partial charge in [-0.3, -0.25) is 28.9 Å². The molecule has 0 radical (unpaired) electrons. The molecule has 1 aliphatic heterocycles. The van der Waals surface area contributed by atoms with Crippen LogP contribution in [0.5, 0.6) is 0 Å². The van der Waals surface area contributed by atoms with E-state index < -0.39 is 41.0 Å². The quantitative estimate of drug-likeness (QED) is 0.278. The van der Waals surface area contributed by atoms with Crippen molar-refractivity contribution < 1.29 is 38.6 Å². The first-order valence-electron chi connectivity index (χ1n) is 15.6. The van der Waals surface area contributed by atoms with Gasteiger partial charge in [-0.05, 0) is 54.5 Å². The molecule has 2 fully saturated rings. The highest BCUT2D eigenvalue weighted by atomic mass is 16.4. The average molecular weight is 620 g/mol. The number of benzene rings is 2. The maximum Gasteiger partial charge on any atom is 0.303 e. The van der Waals surface area contributed by atoms with Gasteiger partial charge in [0.2, 0.25) is 11.8 Å². The number of carbonyl (C=O) groups excluding carboxylic acids is 4. The highest BCUT2D eigenvalue weighted by Crippen LogP contribution is 2.63. The summed E-state index contributed by atoms with van der Waals surface area (Å²) in [6.45, 7) is -0.346. The molecule has 2 amide bonds. The number of allylic oxidation sites excluding steroid dienone is 4. The van der Waals surface area contributed by atoms with Gasteiger partial charge in [0.15, 0.2) is 11.6 Å². The predicted octanol–water partition coefficient (Wildman–Crippen LogP) is 4.46. The molecule has 2 heterocycles. The van der Waals surface area contributed by atoms with Crippen molar-refractivity contribution in [1.82, 2.24) is 4.90 Å². The van der Waals surface area contributed by atoms with Gasteiger partial charge in [-0.1, -0.05) is 72.3 Å². The first-order chi connectivity index (χ1) is 22.3. The third-order valence-electron chi connectivity index (χ3n) is 10.4. The molecule has 46 heavy (non-hydrogen) atoms. The van der Waals surface area contributed by atoms with Gasteiger partial charge in [0.1, 0.15) is 18.1 Å². The van der Waals surface area contributed by atoms with Gasteiger partial charge in [-0.25, -0.2) is 0 Å². The van der Waals surface area contributed by atoms with Gasteiger partial charge < -0.3 is 14.6 Å².